The highest BCUT2D eigenvalue weighted by atomic mass is 35.5. The number of ether oxygens (including phenoxy) is 1. The number of allylic oxidation sites excluding steroid dienone is 11. The number of hydrogen-bond donors (Lipinski definition) is 0. The zero-order valence-electron chi connectivity index (χ0n) is 28.5. The second-order valence-corrected chi connectivity index (χ2v) is 15.2. The molecule has 0 aromatic heterocycles. The second-order valence-electron chi connectivity index (χ2n) is 14.8. The van der Waals surface area contributed by atoms with Gasteiger partial charge in [0.1, 0.15) is 29.4 Å². The van der Waals surface area contributed by atoms with Crippen LogP contribution in [0.3, 0.4) is 0 Å². The van der Waals surface area contributed by atoms with Crippen LogP contribution in [-0.4, -0.2) is 12.1 Å². The molecule has 0 fully saturated rings. The molecule has 4 aliphatic rings. The predicted molar refractivity (Wildman–Crippen MR) is 190 cm³/mol. The topological polar surface area (TPSA) is 83.8 Å². The van der Waals surface area contributed by atoms with Crippen LogP contribution >= 0.6 is 11.6 Å². The predicted octanol–water partition coefficient (Wildman–Crippen LogP) is 10.3. The van der Waals surface area contributed by atoms with E-state index in [0.717, 1.165) is 48.4 Å². The molecule has 0 saturated carbocycles. The van der Waals surface area contributed by atoms with Crippen LogP contribution in [0.5, 0.6) is 0 Å². The Balaban J connectivity index is 1.59. The van der Waals surface area contributed by atoms with E-state index in [9.17, 15) is 15.8 Å². The highest BCUT2D eigenvalue weighted by Gasteiger charge is 2.41. The van der Waals surface area contributed by atoms with E-state index < -0.39 is 5.60 Å². The summed E-state index contributed by atoms with van der Waals surface area (Å²) in [7, 11) is 0. The average Bonchev–Trinajstić information content (AvgIpc) is 3.41. The molecule has 2 aliphatic heterocycles. The van der Waals surface area contributed by atoms with Gasteiger partial charge in [0.05, 0.1) is 0 Å². The van der Waals surface area contributed by atoms with Crippen molar-refractivity contribution < 1.29 is 4.74 Å². The lowest BCUT2D eigenvalue weighted by Gasteiger charge is -2.36. The Labute approximate surface area is 285 Å². The van der Waals surface area contributed by atoms with Gasteiger partial charge in [-0.2, -0.15) is 15.8 Å². The molecule has 240 valence electrons. The first-order chi connectivity index (χ1) is 22.2. The summed E-state index contributed by atoms with van der Waals surface area (Å²) in [5.74, 6) is 0.378. The van der Waals surface area contributed by atoms with Crippen molar-refractivity contribution >= 4 is 17.3 Å². The number of para-hydroxylation sites is 1. The molecule has 0 radical (unpaired) electrons. The van der Waals surface area contributed by atoms with Crippen LogP contribution in [0.25, 0.3) is 0 Å². The molecular formula is C41H43ClN4O. The smallest absolute Gasteiger partial charge is 0.172 e. The van der Waals surface area contributed by atoms with Gasteiger partial charge in [-0.25, -0.2) is 0 Å². The second kappa shape index (κ2) is 13.0. The highest BCUT2D eigenvalue weighted by molar-refractivity contribution is 6.32. The van der Waals surface area contributed by atoms with Crippen LogP contribution in [0.4, 0.5) is 5.69 Å². The van der Waals surface area contributed by atoms with Crippen molar-refractivity contribution in [3.8, 4) is 18.2 Å². The summed E-state index contributed by atoms with van der Waals surface area (Å²) >= 11 is 7.24. The van der Waals surface area contributed by atoms with Crippen molar-refractivity contribution in [1.82, 2.24) is 0 Å². The van der Waals surface area contributed by atoms with Crippen molar-refractivity contribution in [3.63, 3.8) is 0 Å². The maximum Gasteiger partial charge on any atom is 0.172 e. The molecule has 5 rings (SSSR count). The number of anilines is 1. The summed E-state index contributed by atoms with van der Waals surface area (Å²) in [6.07, 6.45) is 19.0. The summed E-state index contributed by atoms with van der Waals surface area (Å²) in [4.78, 5) is 2.45. The van der Waals surface area contributed by atoms with E-state index in [1.807, 2.05) is 38.1 Å². The van der Waals surface area contributed by atoms with Gasteiger partial charge in [-0.15, -0.1) is 0 Å². The lowest BCUT2D eigenvalue weighted by Crippen LogP contribution is -2.28. The van der Waals surface area contributed by atoms with Crippen molar-refractivity contribution in [1.29, 1.82) is 15.8 Å². The minimum absolute atomic E-state index is 0.0365. The van der Waals surface area contributed by atoms with Crippen molar-refractivity contribution in [3.05, 3.63) is 122 Å². The Hall–Kier alpha value is -4.50. The molecule has 1 atom stereocenters. The molecule has 47 heavy (non-hydrogen) atoms. The molecule has 1 aromatic carbocycles. The lowest BCUT2D eigenvalue weighted by atomic mass is 9.70. The van der Waals surface area contributed by atoms with Gasteiger partial charge in [0.15, 0.2) is 11.3 Å². The Kier molecular flexibility index (Phi) is 9.33. The number of nitrogens with zero attached hydrogens (tertiary/aromatic N) is 4. The average molecular weight is 643 g/mol. The zero-order chi connectivity index (χ0) is 34.1. The van der Waals surface area contributed by atoms with Gasteiger partial charge in [-0.3, -0.25) is 0 Å². The minimum Gasteiger partial charge on any atom is -0.480 e. The van der Waals surface area contributed by atoms with E-state index in [2.05, 4.69) is 100 Å². The normalized spacial score (nSPS) is 23.5. The van der Waals surface area contributed by atoms with Crippen LogP contribution in [0.2, 0.25) is 0 Å². The van der Waals surface area contributed by atoms with Gasteiger partial charge in [-0.1, -0.05) is 101 Å². The first-order valence-electron chi connectivity index (χ1n) is 16.3. The summed E-state index contributed by atoms with van der Waals surface area (Å²) in [5.41, 5.74) is 6.79. The van der Waals surface area contributed by atoms with Crippen LogP contribution in [0.1, 0.15) is 79.7 Å². The zero-order valence-corrected chi connectivity index (χ0v) is 29.3. The van der Waals surface area contributed by atoms with Gasteiger partial charge < -0.3 is 9.64 Å². The number of fused-ring (bicyclic) bond motifs is 1. The highest BCUT2D eigenvalue weighted by Crippen LogP contribution is 2.49. The Morgan fingerprint density at radius 1 is 1.02 bits per heavy atom. The van der Waals surface area contributed by atoms with Crippen LogP contribution in [0, 0.1) is 45.3 Å². The van der Waals surface area contributed by atoms with Gasteiger partial charge in [0, 0.05) is 33.9 Å². The fraction of sp³-hybridized carbons (Fsp3) is 0.390. The van der Waals surface area contributed by atoms with Crippen molar-refractivity contribution in [2.75, 3.05) is 11.4 Å². The molecule has 0 amide bonds. The molecule has 5 nitrogen and oxygen atoms in total. The van der Waals surface area contributed by atoms with E-state index >= 15 is 0 Å². The minimum atomic E-state index is -0.889. The van der Waals surface area contributed by atoms with Crippen LogP contribution in [0.15, 0.2) is 117 Å². The molecule has 1 aromatic rings. The fourth-order valence-corrected chi connectivity index (χ4v) is 7.29. The number of nitriles is 3. The van der Waals surface area contributed by atoms with E-state index in [4.69, 9.17) is 16.3 Å². The molecular weight excluding hydrogens is 600 g/mol. The molecule has 1 unspecified atom stereocenters. The first kappa shape index (κ1) is 33.9. The maximum atomic E-state index is 10.0. The van der Waals surface area contributed by atoms with Gasteiger partial charge in [0.25, 0.3) is 0 Å². The largest absolute Gasteiger partial charge is 0.480 e. The number of hydrogen-bond acceptors (Lipinski definition) is 5. The van der Waals surface area contributed by atoms with Gasteiger partial charge in [-0.05, 0) is 85.3 Å². The number of rotatable bonds is 5. The van der Waals surface area contributed by atoms with Gasteiger partial charge >= 0.3 is 0 Å². The molecule has 2 aliphatic carbocycles. The van der Waals surface area contributed by atoms with E-state index in [-0.39, 0.29) is 27.7 Å². The first-order valence-corrected chi connectivity index (χ1v) is 16.7. The van der Waals surface area contributed by atoms with E-state index in [1.54, 1.807) is 0 Å². The van der Waals surface area contributed by atoms with Gasteiger partial charge in [0.2, 0.25) is 0 Å². The maximum absolute atomic E-state index is 10.0. The fourth-order valence-electron chi connectivity index (χ4n) is 7.01. The van der Waals surface area contributed by atoms with Crippen molar-refractivity contribution in [2.45, 2.75) is 85.2 Å². The molecule has 0 bridgehead atoms. The summed E-state index contributed by atoms with van der Waals surface area (Å²) in [6, 6.07) is 14.6. The summed E-state index contributed by atoms with van der Waals surface area (Å²) < 4.78 is 5.98. The standard InChI is InChI=1S/C41H43ClN4O/c1-39(2,3)31-21-28(17-19-33-32(25-45)38(30(23-43)24-44)47-41(33,6)7)37(42)29(22-31)18-20-36-40(4,5)34-15-11-12-16-35(34)46(36)26-27-13-9-8-10-14-27/h9,11-20,31H,8,10,21-22,26H2,1-7H3/b19-17+,29-18+,36-20+. The Morgan fingerprint density at radius 3 is 2.38 bits per heavy atom. The Morgan fingerprint density at radius 2 is 1.74 bits per heavy atom. The monoisotopic (exact) mass is 642 g/mol. The summed E-state index contributed by atoms with van der Waals surface area (Å²) in [6.45, 7) is 15.9. The Bertz CT molecular complexity index is 1850. The summed E-state index contributed by atoms with van der Waals surface area (Å²) in [5, 5.41) is 29.7. The van der Waals surface area contributed by atoms with E-state index in [0.29, 0.717) is 11.5 Å². The molecule has 0 spiro atoms. The molecule has 0 saturated heterocycles. The SMILES string of the molecule is CC1(C)OC(=C(C#N)C#N)C(C#N)=C1/C=C/C1=C(Cl)C(=C/C=C2/N(CC3=CCCC=C3)c3ccccc3C2(C)C)/CC(C(C)(C)C)C1. The lowest BCUT2D eigenvalue weighted by molar-refractivity contribution is 0.0954. The quantitative estimate of drug-likeness (QED) is 0.298. The molecule has 2 heterocycles. The third kappa shape index (κ3) is 6.54. The van der Waals surface area contributed by atoms with Crippen molar-refractivity contribution in [2.24, 2.45) is 11.3 Å². The van der Waals surface area contributed by atoms with E-state index in [1.165, 1.54) is 22.5 Å². The molecule has 6 heteroatoms. The molecule has 0 N–H and O–H groups in total. The van der Waals surface area contributed by atoms with Crippen LogP contribution < -0.4 is 4.90 Å². The number of benzene rings is 1. The number of halogens is 1. The third-order valence-electron chi connectivity index (χ3n) is 9.89. The third-order valence-corrected chi connectivity index (χ3v) is 10.4. The van der Waals surface area contributed by atoms with Crippen LogP contribution in [-0.2, 0) is 10.2 Å².